The minimum absolute atomic E-state index is 0.611. The zero-order valence-electron chi connectivity index (χ0n) is 12.3. The van der Waals surface area contributed by atoms with Gasteiger partial charge in [-0.05, 0) is 60.7 Å². The normalized spacial score (nSPS) is 10.4. The van der Waals surface area contributed by atoms with E-state index in [0.29, 0.717) is 5.56 Å². The third kappa shape index (κ3) is 4.02. The second-order valence-electron chi connectivity index (χ2n) is 4.90. The number of para-hydroxylation sites is 1. The summed E-state index contributed by atoms with van der Waals surface area (Å²) in [5.41, 5.74) is 4.14. The highest BCUT2D eigenvalue weighted by Crippen LogP contribution is 2.22. The van der Waals surface area contributed by atoms with E-state index in [-0.39, 0.29) is 0 Å². The molecule has 3 rings (SSSR count). The van der Waals surface area contributed by atoms with E-state index in [1.807, 2.05) is 54.6 Å². The smallest absolute Gasteiger partial charge is 0.0991 e. The molecule has 3 aromatic rings. The molecule has 4 nitrogen and oxygen atoms in total. The van der Waals surface area contributed by atoms with E-state index >= 15 is 0 Å². The van der Waals surface area contributed by atoms with E-state index in [2.05, 4.69) is 21.6 Å². The predicted molar refractivity (Wildman–Crippen MR) is 91.5 cm³/mol. The molecule has 0 saturated heterocycles. The van der Waals surface area contributed by atoms with Gasteiger partial charge in [0.1, 0.15) is 0 Å². The molecule has 3 aromatic carbocycles. The van der Waals surface area contributed by atoms with Crippen LogP contribution in [0.25, 0.3) is 0 Å². The molecule has 0 saturated carbocycles. The van der Waals surface area contributed by atoms with Crippen LogP contribution in [0.5, 0.6) is 0 Å². The minimum Gasteiger partial charge on any atom is -0.356 e. The molecular weight excluding hydrogens is 284 g/mol. The van der Waals surface area contributed by atoms with Crippen LogP contribution in [0.3, 0.4) is 0 Å². The second-order valence-corrected chi connectivity index (χ2v) is 4.90. The quantitative estimate of drug-likeness (QED) is 0.626. The number of hydrogen-bond acceptors (Lipinski definition) is 4. The first kappa shape index (κ1) is 14.5. The Kier molecular flexibility index (Phi) is 4.41. The standard InChI is InChI=1S/C19H14N4/c20-14-15-6-8-18(9-7-15)22-23-19-12-10-17(11-13-19)21-16-4-2-1-3-5-16/h1-13,21H. The minimum atomic E-state index is 0.611. The Morgan fingerprint density at radius 2 is 1.17 bits per heavy atom. The molecule has 0 fully saturated rings. The lowest BCUT2D eigenvalue weighted by molar-refractivity contribution is 1.23. The molecule has 0 spiro atoms. The van der Waals surface area contributed by atoms with Crippen molar-refractivity contribution in [2.45, 2.75) is 0 Å². The van der Waals surface area contributed by atoms with Crippen LogP contribution < -0.4 is 5.32 Å². The fraction of sp³-hybridized carbons (Fsp3) is 0. The Morgan fingerprint density at radius 3 is 1.74 bits per heavy atom. The Morgan fingerprint density at radius 1 is 0.652 bits per heavy atom. The van der Waals surface area contributed by atoms with Gasteiger partial charge < -0.3 is 5.32 Å². The van der Waals surface area contributed by atoms with Gasteiger partial charge in [0.2, 0.25) is 0 Å². The van der Waals surface area contributed by atoms with Crippen molar-refractivity contribution in [3.63, 3.8) is 0 Å². The third-order valence-electron chi connectivity index (χ3n) is 3.21. The first-order valence-electron chi connectivity index (χ1n) is 7.17. The predicted octanol–water partition coefficient (Wildman–Crippen LogP) is 5.72. The van der Waals surface area contributed by atoms with Crippen molar-refractivity contribution in [1.82, 2.24) is 0 Å². The van der Waals surface area contributed by atoms with Crippen LogP contribution in [0.15, 0.2) is 89.1 Å². The summed E-state index contributed by atoms with van der Waals surface area (Å²) in [6.07, 6.45) is 0. The number of hydrogen-bond donors (Lipinski definition) is 1. The van der Waals surface area contributed by atoms with Gasteiger partial charge in [-0.1, -0.05) is 18.2 Å². The topological polar surface area (TPSA) is 60.5 Å². The van der Waals surface area contributed by atoms with Gasteiger partial charge in [-0.25, -0.2) is 0 Å². The van der Waals surface area contributed by atoms with E-state index in [1.54, 1.807) is 24.3 Å². The second kappa shape index (κ2) is 7.01. The molecule has 0 radical (unpaired) electrons. The summed E-state index contributed by atoms with van der Waals surface area (Å²) in [4.78, 5) is 0. The SMILES string of the molecule is N#Cc1ccc(N=Nc2ccc(Nc3ccccc3)cc2)cc1. The number of rotatable bonds is 4. The Labute approximate surface area is 134 Å². The molecule has 110 valence electrons. The average Bonchev–Trinajstić information content (AvgIpc) is 2.62. The van der Waals surface area contributed by atoms with Crippen molar-refractivity contribution >= 4 is 22.7 Å². The lowest BCUT2D eigenvalue weighted by Gasteiger charge is -2.05. The molecule has 0 aliphatic heterocycles. The van der Waals surface area contributed by atoms with Crippen LogP contribution >= 0.6 is 0 Å². The number of benzene rings is 3. The number of nitriles is 1. The monoisotopic (exact) mass is 298 g/mol. The number of azo groups is 1. The number of anilines is 2. The third-order valence-corrected chi connectivity index (χ3v) is 3.21. The Bertz CT molecular complexity index is 829. The fourth-order valence-corrected chi connectivity index (χ4v) is 2.02. The zero-order chi connectivity index (χ0) is 15.9. The van der Waals surface area contributed by atoms with E-state index in [0.717, 1.165) is 22.7 Å². The van der Waals surface area contributed by atoms with Gasteiger partial charge in [0.05, 0.1) is 23.0 Å². The van der Waals surface area contributed by atoms with Crippen LogP contribution in [0, 0.1) is 11.3 Å². The van der Waals surface area contributed by atoms with E-state index in [4.69, 9.17) is 5.26 Å². The summed E-state index contributed by atoms with van der Waals surface area (Å²) >= 11 is 0. The number of nitrogens with zero attached hydrogens (tertiary/aromatic N) is 3. The van der Waals surface area contributed by atoms with Gasteiger partial charge in [-0.15, -0.1) is 0 Å². The fourth-order valence-electron chi connectivity index (χ4n) is 2.02. The molecule has 23 heavy (non-hydrogen) atoms. The largest absolute Gasteiger partial charge is 0.356 e. The maximum Gasteiger partial charge on any atom is 0.0991 e. The van der Waals surface area contributed by atoms with Crippen molar-refractivity contribution in [3.8, 4) is 6.07 Å². The van der Waals surface area contributed by atoms with Crippen LogP contribution in [0.4, 0.5) is 22.7 Å². The summed E-state index contributed by atoms with van der Waals surface area (Å²) in [6, 6.07) is 26.8. The summed E-state index contributed by atoms with van der Waals surface area (Å²) in [5.74, 6) is 0. The zero-order valence-corrected chi connectivity index (χ0v) is 12.3. The van der Waals surface area contributed by atoms with Gasteiger partial charge in [0, 0.05) is 11.4 Å². The molecule has 4 heteroatoms. The highest BCUT2D eigenvalue weighted by molar-refractivity contribution is 5.61. The van der Waals surface area contributed by atoms with Crippen LogP contribution in [0.2, 0.25) is 0 Å². The van der Waals surface area contributed by atoms with Gasteiger partial charge in [-0.2, -0.15) is 15.5 Å². The maximum atomic E-state index is 8.76. The van der Waals surface area contributed by atoms with Crippen molar-refractivity contribution in [1.29, 1.82) is 5.26 Å². The van der Waals surface area contributed by atoms with Gasteiger partial charge in [0.15, 0.2) is 0 Å². The molecule has 0 aliphatic rings. The van der Waals surface area contributed by atoms with Crippen molar-refractivity contribution < 1.29 is 0 Å². The lowest BCUT2D eigenvalue weighted by Crippen LogP contribution is -1.88. The molecule has 1 N–H and O–H groups in total. The number of nitrogens with one attached hydrogen (secondary N) is 1. The van der Waals surface area contributed by atoms with Crippen LogP contribution in [-0.2, 0) is 0 Å². The van der Waals surface area contributed by atoms with Crippen molar-refractivity contribution in [2.75, 3.05) is 5.32 Å². The maximum absolute atomic E-state index is 8.76. The highest BCUT2D eigenvalue weighted by atomic mass is 15.1. The molecular formula is C19H14N4. The van der Waals surface area contributed by atoms with Gasteiger partial charge in [0.25, 0.3) is 0 Å². The Balaban J connectivity index is 1.67. The summed E-state index contributed by atoms with van der Waals surface area (Å²) in [6.45, 7) is 0. The molecule has 0 unspecified atom stereocenters. The van der Waals surface area contributed by atoms with Crippen LogP contribution in [0.1, 0.15) is 5.56 Å². The molecule has 0 heterocycles. The molecule has 0 atom stereocenters. The van der Waals surface area contributed by atoms with Crippen LogP contribution in [-0.4, -0.2) is 0 Å². The average molecular weight is 298 g/mol. The van der Waals surface area contributed by atoms with Gasteiger partial charge >= 0.3 is 0 Å². The van der Waals surface area contributed by atoms with E-state index < -0.39 is 0 Å². The Hall–Kier alpha value is -3.45. The molecule has 0 aromatic heterocycles. The van der Waals surface area contributed by atoms with E-state index in [1.165, 1.54) is 0 Å². The van der Waals surface area contributed by atoms with E-state index in [9.17, 15) is 0 Å². The summed E-state index contributed by atoms with van der Waals surface area (Å²) in [5, 5.41) is 20.4. The van der Waals surface area contributed by atoms with Gasteiger partial charge in [-0.3, -0.25) is 0 Å². The highest BCUT2D eigenvalue weighted by Gasteiger charge is 1.95. The first-order chi connectivity index (χ1) is 11.3. The lowest BCUT2D eigenvalue weighted by atomic mass is 10.2. The molecule has 0 aliphatic carbocycles. The van der Waals surface area contributed by atoms with Crippen molar-refractivity contribution in [2.24, 2.45) is 10.2 Å². The summed E-state index contributed by atoms with van der Waals surface area (Å²) in [7, 11) is 0. The molecule has 0 amide bonds. The summed E-state index contributed by atoms with van der Waals surface area (Å²) < 4.78 is 0. The van der Waals surface area contributed by atoms with Crippen molar-refractivity contribution in [3.05, 3.63) is 84.4 Å². The molecule has 0 bridgehead atoms. The first-order valence-corrected chi connectivity index (χ1v) is 7.17.